The number of anilines is 2. The van der Waals surface area contributed by atoms with Crippen LogP contribution >= 0.6 is 0 Å². The Kier molecular flexibility index (Phi) is 7.47. The smallest absolute Gasteiger partial charge is 0.356 e. The monoisotopic (exact) mass is 464 g/mol. The molecule has 1 aromatic carbocycles. The number of hydrogen-bond donors (Lipinski definition) is 2. The normalized spacial score (nSPS) is 15.6. The molecule has 3 heterocycles. The van der Waals surface area contributed by atoms with Crippen molar-refractivity contribution in [2.75, 3.05) is 30.9 Å². The zero-order valence-corrected chi connectivity index (χ0v) is 20.0. The van der Waals surface area contributed by atoms with E-state index in [0.717, 1.165) is 31.5 Å². The van der Waals surface area contributed by atoms with E-state index in [2.05, 4.69) is 29.5 Å². The molecule has 1 saturated heterocycles. The number of nitrogens with one attached hydrogen (secondary N) is 2. The molecule has 1 aliphatic heterocycles. The van der Waals surface area contributed by atoms with Crippen LogP contribution in [0.4, 0.5) is 11.4 Å². The maximum atomic E-state index is 13.1. The fourth-order valence-electron chi connectivity index (χ4n) is 4.21. The lowest BCUT2D eigenvalue weighted by atomic mass is 10.1. The molecular formula is C26H32N4O4. The summed E-state index contributed by atoms with van der Waals surface area (Å²) in [4.78, 5) is 30.7. The van der Waals surface area contributed by atoms with Crippen molar-refractivity contribution in [1.82, 2.24) is 9.55 Å². The summed E-state index contributed by atoms with van der Waals surface area (Å²) in [6, 6.07) is 10.8. The molecule has 1 amide bonds. The first-order valence-electron chi connectivity index (χ1n) is 11.8. The van der Waals surface area contributed by atoms with E-state index < -0.39 is 5.97 Å². The number of aromatic nitrogens is 2. The number of carbonyl (C=O) groups excluding carboxylic acids is 2. The van der Waals surface area contributed by atoms with Gasteiger partial charge in [-0.25, -0.2) is 9.78 Å². The van der Waals surface area contributed by atoms with Crippen molar-refractivity contribution in [3.8, 4) is 0 Å². The zero-order chi connectivity index (χ0) is 24.1. The summed E-state index contributed by atoms with van der Waals surface area (Å²) in [5.74, 6) is -0.267. The highest BCUT2D eigenvalue weighted by Gasteiger charge is 2.29. The number of esters is 1. The van der Waals surface area contributed by atoms with E-state index in [9.17, 15) is 9.59 Å². The lowest BCUT2D eigenvalue weighted by Crippen LogP contribution is -2.21. The van der Waals surface area contributed by atoms with Crippen LogP contribution < -0.4 is 10.6 Å². The third kappa shape index (κ3) is 5.22. The third-order valence-electron chi connectivity index (χ3n) is 6.01. The molecule has 0 saturated carbocycles. The van der Waals surface area contributed by atoms with Gasteiger partial charge in [0.05, 0.1) is 37.3 Å². The maximum Gasteiger partial charge on any atom is 0.356 e. The van der Waals surface area contributed by atoms with E-state index in [1.165, 1.54) is 7.11 Å². The van der Waals surface area contributed by atoms with Crippen LogP contribution in [0, 0.1) is 5.92 Å². The van der Waals surface area contributed by atoms with Gasteiger partial charge in [-0.15, -0.1) is 0 Å². The fourth-order valence-corrected chi connectivity index (χ4v) is 4.21. The van der Waals surface area contributed by atoms with E-state index in [-0.39, 0.29) is 17.7 Å². The van der Waals surface area contributed by atoms with Gasteiger partial charge in [0.2, 0.25) is 0 Å². The first kappa shape index (κ1) is 23.8. The number of carbonyl (C=O) groups is 2. The first-order chi connectivity index (χ1) is 16.5. The third-order valence-corrected chi connectivity index (χ3v) is 6.01. The number of rotatable bonds is 9. The Morgan fingerprint density at radius 3 is 2.74 bits per heavy atom. The number of methoxy groups -OCH3 is 1. The number of amides is 1. The number of ether oxygens (including phenoxy) is 2. The standard InChI is InChI=1S/C26H32N4O4/c1-17(2)11-12-27-19-14-21-22(29-25(31)18-8-5-4-6-9-18)23(26(32)33-3)30(24(21)28-15-19)16-20-10-7-13-34-20/h4-6,8-9,14-15,17,20,27H,7,10-13,16H2,1-3H3,(H,29,31). The number of nitrogens with zero attached hydrogens (tertiary/aromatic N) is 2. The second-order valence-electron chi connectivity index (χ2n) is 8.99. The molecule has 2 N–H and O–H groups in total. The molecule has 0 bridgehead atoms. The minimum Gasteiger partial charge on any atom is -0.464 e. The van der Waals surface area contributed by atoms with Gasteiger partial charge in [0.1, 0.15) is 5.65 Å². The Balaban J connectivity index is 1.79. The topological polar surface area (TPSA) is 94.5 Å². The minimum absolute atomic E-state index is 0.0256. The summed E-state index contributed by atoms with van der Waals surface area (Å²) in [5.41, 5.74) is 2.60. The first-order valence-corrected chi connectivity index (χ1v) is 11.8. The van der Waals surface area contributed by atoms with Gasteiger partial charge in [0.25, 0.3) is 5.91 Å². The van der Waals surface area contributed by atoms with E-state index in [1.54, 1.807) is 30.5 Å². The highest BCUT2D eigenvalue weighted by atomic mass is 16.5. The molecule has 1 aliphatic rings. The SMILES string of the molecule is COC(=O)c1c(NC(=O)c2ccccc2)c2cc(NCCC(C)C)cnc2n1CC1CCCO1. The van der Waals surface area contributed by atoms with Gasteiger partial charge in [0, 0.05) is 24.1 Å². The van der Waals surface area contributed by atoms with E-state index >= 15 is 0 Å². The number of fused-ring (bicyclic) bond motifs is 1. The molecule has 2 aromatic heterocycles. The molecule has 8 heteroatoms. The van der Waals surface area contributed by atoms with Crippen molar-refractivity contribution in [3.05, 3.63) is 53.9 Å². The number of benzene rings is 1. The number of pyridine rings is 1. The van der Waals surface area contributed by atoms with Crippen LogP contribution in [0.5, 0.6) is 0 Å². The predicted octanol–water partition coefficient (Wildman–Crippen LogP) is 4.71. The van der Waals surface area contributed by atoms with Gasteiger partial charge in [0.15, 0.2) is 5.69 Å². The molecule has 1 atom stereocenters. The molecule has 3 aromatic rings. The van der Waals surface area contributed by atoms with Gasteiger partial charge >= 0.3 is 5.97 Å². The minimum atomic E-state index is -0.534. The number of hydrogen-bond acceptors (Lipinski definition) is 6. The Morgan fingerprint density at radius 2 is 2.06 bits per heavy atom. The second-order valence-corrected chi connectivity index (χ2v) is 8.99. The average molecular weight is 465 g/mol. The van der Waals surface area contributed by atoms with Gasteiger partial charge in [-0.1, -0.05) is 32.0 Å². The summed E-state index contributed by atoms with van der Waals surface area (Å²) in [6.45, 7) is 6.31. The Hall–Kier alpha value is -3.39. The van der Waals surface area contributed by atoms with Crippen molar-refractivity contribution < 1.29 is 19.1 Å². The Labute approximate surface area is 199 Å². The van der Waals surface area contributed by atoms with Crippen molar-refractivity contribution in [3.63, 3.8) is 0 Å². The molecule has 8 nitrogen and oxygen atoms in total. The molecule has 0 aliphatic carbocycles. The molecule has 0 radical (unpaired) electrons. The molecule has 1 unspecified atom stereocenters. The lowest BCUT2D eigenvalue weighted by Gasteiger charge is -2.14. The van der Waals surface area contributed by atoms with Crippen molar-refractivity contribution >= 4 is 34.3 Å². The van der Waals surface area contributed by atoms with Crippen LogP contribution in [0.2, 0.25) is 0 Å². The quantitative estimate of drug-likeness (QED) is 0.445. The second kappa shape index (κ2) is 10.7. The van der Waals surface area contributed by atoms with Gasteiger partial charge in [-0.3, -0.25) is 4.79 Å². The maximum absolute atomic E-state index is 13.1. The highest BCUT2D eigenvalue weighted by Crippen LogP contribution is 2.34. The van der Waals surface area contributed by atoms with Crippen molar-refractivity contribution in [1.29, 1.82) is 0 Å². The summed E-state index contributed by atoms with van der Waals surface area (Å²) < 4.78 is 12.8. The van der Waals surface area contributed by atoms with E-state index in [0.29, 0.717) is 41.4 Å². The van der Waals surface area contributed by atoms with Crippen LogP contribution in [-0.2, 0) is 16.0 Å². The van der Waals surface area contributed by atoms with Crippen LogP contribution in [0.25, 0.3) is 11.0 Å². The molecule has 4 rings (SSSR count). The van der Waals surface area contributed by atoms with Crippen molar-refractivity contribution in [2.45, 2.75) is 45.8 Å². The predicted molar refractivity (Wildman–Crippen MR) is 132 cm³/mol. The Morgan fingerprint density at radius 1 is 1.26 bits per heavy atom. The molecule has 34 heavy (non-hydrogen) atoms. The lowest BCUT2D eigenvalue weighted by molar-refractivity contribution is 0.0580. The Bertz CT molecular complexity index is 1150. The molecule has 180 valence electrons. The average Bonchev–Trinajstić information content (AvgIpc) is 3.46. The van der Waals surface area contributed by atoms with Crippen molar-refractivity contribution in [2.24, 2.45) is 5.92 Å². The van der Waals surface area contributed by atoms with Gasteiger partial charge in [-0.05, 0) is 43.4 Å². The van der Waals surface area contributed by atoms with Crippen LogP contribution in [-0.4, -0.2) is 47.8 Å². The summed E-state index contributed by atoms with van der Waals surface area (Å²) >= 11 is 0. The van der Waals surface area contributed by atoms with Gasteiger partial charge < -0.3 is 24.7 Å². The van der Waals surface area contributed by atoms with E-state index in [4.69, 9.17) is 9.47 Å². The molecular weight excluding hydrogens is 432 g/mol. The largest absolute Gasteiger partial charge is 0.464 e. The van der Waals surface area contributed by atoms with Crippen LogP contribution in [0.3, 0.4) is 0 Å². The van der Waals surface area contributed by atoms with Crippen LogP contribution in [0.1, 0.15) is 54.0 Å². The summed E-state index contributed by atoms with van der Waals surface area (Å²) in [6.07, 6.45) is 4.64. The molecule has 0 spiro atoms. The zero-order valence-electron chi connectivity index (χ0n) is 20.0. The summed E-state index contributed by atoms with van der Waals surface area (Å²) in [7, 11) is 1.34. The van der Waals surface area contributed by atoms with Crippen LogP contribution in [0.15, 0.2) is 42.6 Å². The highest BCUT2D eigenvalue weighted by molar-refractivity contribution is 6.14. The molecule has 1 fully saturated rings. The van der Waals surface area contributed by atoms with Gasteiger partial charge in [-0.2, -0.15) is 0 Å². The van der Waals surface area contributed by atoms with E-state index in [1.807, 2.05) is 16.7 Å². The summed E-state index contributed by atoms with van der Waals surface area (Å²) in [5, 5.41) is 7.04. The fraction of sp³-hybridized carbons (Fsp3) is 0.423.